The Kier molecular flexibility index (Phi) is 6.79. The molecule has 0 atom stereocenters. The third kappa shape index (κ3) is 6.04. The first kappa shape index (κ1) is 20.3. The number of carbonyl (C=O) groups excluding carboxylic acids is 1. The molecule has 0 aliphatic heterocycles. The van der Waals surface area contributed by atoms with E-state index in [0.717, 1.165) is 0 Å². The first-order valence-electron chi connectivity index (χ1n) is 9.38. The van der Waals surface area contributed by atoms with E-state index in [-0.39, 0.29) is 18.3 Å². The molecule has 5 nitrogen and oxygen atoms in total. The molecule has 0 spiro atoms. The summed E-state index contributed by atoms with van der Waals surface area (Å²) in [6.07, 6.45) is 1.60. The second kappa shape index (κ2) is 9.68. The molecule has 3 aromatic rings. The van der Waals surface area contributed by atoms with E-state index in [4.69, 9.17) is 9.47 Å². The zero-order valence-corrected chi connectivity index (χ0v) is 16.4. The predicted molar refractivity (Wildman–Crippen MR) is 110 cm³/mol. The summed E-state index contributed by atoms with van der Waals surface area (Å²) in [5.41, 5.74) is 0.793. The van der Waals surface area contributed by atoms with E-state index >= 15 is 0 Å². The standard InChI is InChI=1S/C23H23FN2O3/c1-16(2)14-28-19-11-18(23(27)26-22-9-5-6-10-25-22)12-20(13-19)29-15-17-7-3-4-8-21(17)24/h3-13,16H,14-15H2,1-2H3,(H,25,26,27). The first-order chi connectivity index (χ1) is 14.0. The van der Waals surface area contributed by atoms with E-state index in [1.54, 1.807) is 60.8 Å². The van der Waals surface area contributed by atoms with Gasteiger partial charge in [0.05, 0.1) is 6.61 Å². The zero-order chi connectivity index (χ0) is 20.6. The molecule has 0 aliphatic carbocycles. The quantitative estimate of drug-likeness (QED) is 0.578. The average Bonchev–Trinajstić information content (AvgIpc) is 2.72. The summed E-state index contributed by atoms with van der Waals surface area (Å²) < 4.78 is 25.4. The van der Waals surface area contributed by atoms with E-state index in [0.29, 0.717) is 41.0 Å². The van der Waals surface area contributed by atoms with Crippen LogP contribution in [0.3, 0.4) is 0 Å². The Hall–Kier alpha value is -3.41. The minimum absolute atomic E-state index is 0.0433. The predicted octanol–water partition coefficient (Wildman–Crippen LogP) is 5.09. The Bertz CT molecular complexity index is 961. The minimum Gasteiger partial charge on any atom is -0.493 e. The molecule has 3 rings (SSSR count). The first-order valence-corrected chi connectivity index (χ1v) is 9.38. The van der Waals surface area contributed by atoms with Gasteiger partial charge in [0, 0.05) is 23.4 Å². The molecule has 150 valence electrons. The second-order valence-corrected chi connectivity index (χ2v) is 6.95. The van der Waals surface area contributed by atoms with Crippen LogP contribution in [0.2, 0.25) is 0 Å². The van der Waals surface area contributed by atoms with Gasteiger partial charge in [-0.2, -0.15) is 0 Å². The van der Waals surface area contributed by atoms with Crippen molar-refractivity contribution in [2.75, 3.05) is 11.9 Å². The number of nitrogens with zero attached hydrogens (tertiary/aromatic N) is 1. The lowest BCUT2D eigenvalue weighted by atomic mass is 10.1. The number of benzene rings is 2. The molecule has 0 aliphatic rings. The highest BCUT2D eigenvalue weighted by atomic mass is 19.1. The highest BCUT2D eigenvalue weighted by Gasteiger charge is 2.12. The topological polar surface area (TPSA) is 60.5 Å². The Morgan fingerprint density at radius 3 is 2.45 bits per heavy atom. The smallest absolute Gasteiger partial charge is 0.257 e. The Balaban J connectivity index is 1.80. The molecule has 0 unspecified atom stereocenters. The van der Waals surface area contributed by atoms with Crippen LogP contribution in [0.5, 0.6) is 11.5 Å². The van der Waals surface area contributed by atoms with Crippen molar-refractivity contribution in [1.29, 1.82) is 0 Å². The van der Waals surface area contributed by atoms with Crippen molar-refractivity contribution in [2.24, 2.45) is 5.92 Å². The van der Waals surface area contributed by atoms with E-state index in [9.17, 15) is 9.18 Å². The highest BCUT2D eigenvalue weighted by molar-refractivity contribution is 6.04. The van der Waals surface area contributed by atoms with Crippen LogP contribution < -0.4 is 14.8 Å². The Labute approximate surface area is 169 Å². The molecule has 0 fully saturated rings. The molecule has 0 radical (unpaired) electrons. The fourth-order valence-corrected chi connectivity index (χ4v) is 2.53. The van der Waals surface area contributed by atoms with Crippen LogP contribution in [0.1, 0.15) is 29.8 Å². The molecule has 2 aromatic carbocycles. The molecule has 6 heteroatoms. The number of pyridine rings is 1. The van der Waals surface area contributed by atoms with E-state index in [1.807, 2.05) is 13.8 Å². The highest BCUT2D eigenvalue weighted by Crippen LogP contribution is 2.25. The lowest BCUT2D eigenvalue weighted by Crippen LogP contribution is -2.14. The van der Waals surface area contributed by atoms with Crippen LogP contribution >= 0.6 is 0 Å². The number of rotatable bonds is 8. The summed E-state index contributed by atoms with van der Waals surface area (Å²) in [5.74, 6) is 1.02. The van der Waals surface area contributed by atoms with Crippen molar-refractivity contribution < 1.29 is 18.7 Å². The van der Waals surface area contributed by atoms with E-state index in [2.05, 4.69) is 10.3 Å². The maximum Gasteiger partial charge on any atom is 0.257 e. The minimum atomic E-state index is -0.340. The van der Waals surface area contributed by atoms with Gasteiger partial charge in [0.1, 0.15) is 29.7 Å². The summed E-state index contributed by atoms with van der Waals surface area (Å²) in [7, 11) is 0. The molecule has 0 bridgehead atoms. The third-order valence-electron chi connectivity index (χ3n) is 3.98. The van der Waals surface area contributed by atoms with Gasteiger partial charge in [-0.1, -0.05) is 38.1 Å². The maximum atomic E-state index is 13.9. The number of aromatic nitrogens is 1. The molecular formula is C23H23FN2O3. The molecule has 1 heterocycles. The van der Waals surface area contributed by atoms with E-state index < -0.39 is 0 Å². The van der Waals surface area contributed by atoms with Crippen molar-refractivity contribution in [3.63, 3.8) is 0 Å². The molecule has 1 N–H and O–H groups in total. The summed E-state index contributed by atoms with van der Waals surface area (Å²) in [5, 5.41) is 2.74. The number of nitrogens with one attached hydrogen (secondary N) is 1. The van der Waals surface area contributed by atoms with Gasteiger partial charge in [-0.15, -0.1) is 0 Å². The number of hydrogen-bond acceptors (Lipinski definition) is 4. The monoisotopic (exact) mass is 394 g/mol. The van der Waals surface area contributed by atoms with Crippen LogP contribution in [0.25, 0.3) is 0 Å². The molecular weight excluding hydrogens is 371 g/mol. The fraction of sp³-hybridized carbons (Fsp3) is 0.217. The number of anilines is 1. The average molecular weight is 394 g/mol. The van der Waals surface area contributed by atoms with Crippen LogP contribution in [0.15, 0.2) is 66.9 Å². The van der Waals surface area contributed by atoms with Crippen molar-refractivity contribution in [3.8, 4) is 11.5 Å². The van der Waals surface area contributed by atoms with Gasteiger partial charge in [0.25, 0.3) is 5.91 Å². The SMILES string of the molecule is CC(C)COc1cc(OCc2ccccc2F)cc(C(=O)Nc2ccccn2)c1. The van der Waals surface area contributed by atoms with E-state index in [1.165, 1.54) is 6.07 Å². The van der Waals surface area contributed by atoms with Gasteiger partial charge in [0.15, 0.2) is 0 Å². The van der Waals surface area contributed by atoms with Gasteiger partial charge in [0.2, 0.25) is 0 Å². The second-order valence-electron chi connectivity index (χ2n) is 6.95. The third-order valence-corrected chi connectivity index (χ3v) is 3.98. The normalized spacial score (nSPS) is 10.6. The van der Waals surface area contributed by atoms with Crippen LogP contribution in [-0.2, 0) is 6.61 Å². The Morgan fingerprint density at radius 2 is 1.76 bits per heavy atom. The van der Waals surface area contributed by atoms with Gasteiger partial charge in [-0.05, 0) is 36.2 Å². The largest absolute Gasteiger partial charge is 0.493 e. The summed E-state index contributed by atoms with van der Waals surface area (Å²) >= 11 is 0. The van der Waals surface area contributed by atoms with Crippen LogP contribution in [-0.4, -0.2) is 17.5 Å². The number of carbonyl (C=O) groups is 1. The summed E-state index contributed by atoms with van der Waals surface area (Å²) in [6, 6.07) is 16.6. The van der Waals surface area contributed by atoms with Gasteiger partial charge >= 0.3 is 0 Å². The molecule has 29 heavy (non-hydrogen) atoms. The summed E-state index contributed by atoms with van der Waals surface area (Å²) in [6.45, 7) is 4.61. The van der Waals surface area contributed by atoms with Crippen LogP contribution in [0, 0.1) is 11.7 Å². The molecule has 0 saturated heterocycles. The lowest BCUT2D eigenvalue weighted by molar-refractivity contribution is 0.102. The lowest BCUT2D eigenvalue weighted by Gasteiger charge is -2.14. The zero-order valence-electron chi connectivity index (χ0n) is 16.4. The maximum absolute atomic E-state index is 13.9. The van der Waals surface area contributed by atoms with Crippen molar-refractivity contribution in [3.05, 3.63) is 83.8 Å². The molecule has 1 amide bonds. The molecule has 1 aromatic heterocycles. The van der Waals surface area contributed by atoms with Crippen molar-refractivity contribution >= 4 is 11.7 Å². The fourth-order valence-electron chi connectivity index (χ4n) is 2.53. The number of amides is 1. The number of ether oxygens (including phenoxy) is 2. The van der Waals surface area contributed by atoms with Crippen molar-refractivity contribution in [2.45, 2.75) is 20.5 Å². The molecule has 0 saturated carbocycles. The Morgan fingerprint density at radius 1 is 1.03 bits per heavy atom. The van der Waals surface area contributed by atoms with Crippen molar-refractivity contribution in [1.82, 2.24) is 4.98 Å². The van der Waals surface area contributed by atoms with Gasteiger partial charge < -0.3 is 14.8 Å². The van der Waals surface area contributed by atoms with Gasteiger partial charge in [-0.25, -0.2) is 9.37 Å². The van der Waals surface area contributed by atoms with Crippen LogP contribution in [0.4, 0.5) is 10.2 Å². The van der Waals surface area contributed by atoms with Gasteiger partial charge in [-0.3, -0.25) is 4.79 Å². The number of halogens is 1. The number of hydrogen-bond donors (Lipinski definition) is 1. The summed E-state index contributed by atoms with van der Waals surface area (Å²) in [4.78, 5) is 16.8.